The topological polar surface area (TPSA) is 91.6 Å². The molecular weight excluding hydrogens is 359 g/mol. The van der Waals surface area contributed by atoms with E-state index >= 15 is 0 Å². The maximum atomic E-state index is 12.8. The van der Waals surface area contributed by atoms with Crippen LogP contribution in [-0.2, 0) is 16.1 Å². The lowest BCUT2D eigenvalue weighted by Gasteiger charge is -2.06. The van der Waals surface area contributed by atoms with Gasteiger partial charge in [0.25, 0.3) is 0 Å². The molecule has 2 heterocycles. The number of anilines is 1. The highest BCUT2D eigenvalue weighted by Gasteiger charge is 2.17. The maximum absolute atomic E-state index is 12.8. The van der Waals surface area contributed by atoms with Crippen molar-refractivity contribution >= 4 is 28.8 Å². The third kappa shape index (κ3) is 4.35. The average molecular weight is 374 g/mol. The van der Waals surface area contributed by atoms with E-state index in [9.17, 15) is 19.1 Å². The molecule has 1 atom stereocenters. The number of aliphatic hydroxyl groups is 1. The van der Waals surface area contributed by atoms with Crippen molar-refractivity contribution in [1.82, 2.24) is 5.32 Å². The van der Waals surface area contributed by atoms with Gasteiger partial charge in [-0.15, -0.1) is 11.3 Å². The second-order valence-corrected chi connectivity index (χ2v) is 6.57. The molecule has 0 spiro atoms. The van der Waals surface area contributed by atoms with Crippen LogP contribution in [0.25, 0.3) is 0 Å². The third-order valence-electron chi connectivity index (χ3n) is 3.50. The van der Waals surface area contributed by atoms with Crippen molar-refractivity contribution in [3.63, 3.8) is 0 Å². The molecule has 0 fully saturated rings. The standard InChI is InChI=1S/C18H15FN2O4S/c19-11-3-5-12(6-4-11)21-18(24)17(23)20-10-13-7-8-15(26-13)16(22)14-2-1-9-25-14/h1-9,16,22H,10H2,(H,20,23)(H,21,24). The van der Waals surface area contributed by atoms with Gasteiger partial charge in [-0.1, -0.05) is 0 Å². The number of benzene rings is 1. The summed E-state index contributed by atoms with van der Waals surface area (Å²) in [6.45, 7) is 0.144. The first-order valence-electron chi connectivity index (χ1n) is 7.68. The summed E-state index contributed by atoms with van der Waals surface area (Å²) < 4.78 is 18.0. The molecule has 3 rings (SSSR count). The monoisotopic (exact) mass is 374 g/mol. The summed E-state index contributed by atoms with van der Waals surface area (Å²) in [4.78, 5) is 25.1. The van der Waals surface area contributed by atoms with E-state index < -0.39 is 23.7 Å². The molecule has 1 unspecified atom stereocenters. The predicted octanol–water partition coefficient (Wildman–Crippen LogP) is 2.82. The van der Waals surface area contributed by atoms with Gasteiger partial charge in [-0.05, 0) is 48.5 Å². The number of thiophene rings is 1. The number of carbonyl (C=O) groups is 2. The Morgan fingerprint density at radius 2 is 1.88 bits per heavy atom. The van der Waals surface area contributed by atoms with E-state index in [2.05, 4.69) is 10.6 Å². The number of rotatable bonds is 5. The molecule has 2 amide bonds. The Balaban J connectivity index is 1.53. The number of furan rings is 1. The molecule has 1 aromatic carbocycles. The van der Waals surface area contributed by atoms with Crippen LogP contribution in [0.5, 0.6) is 0 Å². The fourth-order valence-electron chi connectivity index (χ4n) is 2.19. The molecule has 2 aromatic heterocycles. The lowest BCUT2D eigenvalue weighted by Crippen LogP contribution is -2.34. The molecule has 0 aliphatic rings. The minimum Gasteiger partial charge on any atom is -0.466 e. The third-order valence-corrected chi connectivity index (χ3v) is 4.63. The van der Waals surface area contributed by atoms with Crippen molar-refractivity contribution in [3.05, 3.63) is 76.1 Å². The molecule has 26 heavy (non-hydrogen) atoms. The van der Waals surface area contributed by atoms with E-state index in [1.165, 1.54) is 41.9 Å². The van der Waals surface area contributed by atoms with Crippen LogP contribution in [0.15, 0.2) is 59.2 Å². The zero-order chi connectivity index (χ0) is 18.5. The summed E-state index contributed by atoms with van der Waals surface area (Å²) in [5.41, 5.74) is 0.325. The van der Waals surface area contributed by atoms with E-state index in [0.717, 1.165) is 4.88 Å². The quantitative estimate of drug-likeness (QED) is 0.599. The Bertz CT molecular complexity index is 890. The number of halogens is 1. The summed E-state index contributed by atoms with van der Waals surface area (Å²) in [5.74, 6) is -1.65. The first kappa shape index (κ1) is 17.8. The van der Waals surface area contributed by atoms with Crippen LogP contribution in [0.2, 0.25) is 0 Å². The second-order valence-electron chi connectivity index (χ2n) is 5.37. The van der Waals surface area contributed by atoms with Crippen LogP contribution in [-0.4, -0.2) is 16.9 Å². The van der Waals surface area contributed by atoms with Crippen LogP contribution >= 0.6 is 11.3 Å². The predicted molar refractivity (Wildman–Crippen MR) is 94.0 cm³/mol. The fraction of sp³-hybridized carbons (Fsp3) is 0.111. The van der Waals surface area contributed by atoms with E-state index in [0.29, 0.717) is 16.3 Å². The van der Waals surface area contributed by atoms with Gasteiger partial charge in [-0.3, -0.25) is 9.59 Å². The van der Waals surface area contributed by atoms with E-state index in [4.69, 9.17) is 4.42 Å². The van der Waals surface area contributed by atoms with Gasteiger partial charge < -0.3 is 20.2 Å². The van der Waals surface area contributed by atoms with Crippen molar-refractivity contribution in [2.45, 2.75) is 12.6 Å². The molecular formula is C18H15FN2O4S. The Hall–Kier alpha value is -2.97. The van der Waals surface area contributed by atoms with Crippen molar-refractivity contribution in [3.8, 4) is 0 Å². The van der Waals surface area contributed by atoms with Crippen molar-refractivity contribution in [1.29, 1.82) is 0 Å². The number of carbonyl (C=O) groups excluding carboxylic acids is 2. The molecule has 0 saturated heterocycles. The van der Waals surface area contributed by atoms with Gasteiger partial charge in [0.2, 0.25) is 0 Å². The van der Waals surface area contributed by atoms with Crippen LogP contribution in [0.4, 0.5) is 10.1 Å². The van der Waals surface area contributed by atoms with Crippen LogP contribution < -0.4 is 10.6 Å². The van der Waals surface area contributed by atoms with Crippen LogP contribution in [0, 0.1) is 5.82 Å². The lowest BCUT2D eigenvalue weighted by molar-refractivity contribution is -0.136. The van der Waals surface area contributed by atoms with Crippen LogP contribution in [0.3, 0.4) is 0 Å². The maximum Gasteiger partial charge on any atom is 0.313 e. The molecule has 0 aliphatic heterocycles. The van der Waals surface area contributed by atoms with Gasteiger partial charge in [0.15, 0.2) is 0 Å². The number of aliphatic hydroxyl groups excluding tert-OH is 1. The normalized spacial score (nSPS) is 11.8. The highest BCUT2D eigenvalue weighted by Crippen LogP contribution is 2.28. The highest BCUT2D eigenvalue weighted by atomic mass is 32.1. The number of hydrogen-bond acceptors (Lipinski definition) is 5. The molecule has 0 bridgehead atoms. The molecule has 8 heteroatoms. The second kappa shape index (κ2) is 7.94. The Kier molecular flexibility index (Phi) is 5.45. The van der Waals surface area contributed by atoms with Gasteiger partial charge in [0.05, 0.1) is 12.8 Å². The Morgan fingerprint density at radius 1 is 1.12 bits per heavy atom. The number of hydrogen-bond donors (Lipinski definition) is 3. The summed E-state index contributed by atoms with van der Waals surface area (Å²) in [7, 11) is 0. The molecule has 134 valence electrons. The SMILES string of the molecule is O=C(NCc1ccc(C(O)c2ccco2)s1)C(=O)Nc1ccc(F)cc1. The summed E-state index contributed by atoms with van der Waals surface area (Å²) in [6.07, 6.45) is 0.605. The van der Waals surface area contributed by atoms with E-state index in [1.54, 1.807) is 24.3 Å². The van der Waals surface area contributed by atoms with Crippen LogP contribution in [0.1, 0.15) is 21.6 Å². The molecule has 6 nitrogen and oxygen atoms in total. The molecule has 0 radical (unpaired) electrons. The van der Waals surface area contributed by atoms with Gasteiger partial charge in [-0.2, -0.15) is 0 Å². The lowest BCUT2D eigenvalue weighted by atomic mass is 10.2. The fourth-order valence-corrected chi connectivity index (χ4v) is 3.14. The molecule has 3 N–H and O–H groups in total. The first-order valence-corrected chi connectivity index (χ1v) is 8.49. The zero-order valence-corrected chi connectivity index (χ0v) is 14.3. The average Bonchev–Trinajstić information content (AvgIpc) is 3.33. The summed E-state index contributed by atoms with van der Waals surface area (Å²) in [5, 5.41) is 15.1. The largest absolute Gasteiger partial charge is 0.466 e. The van der Waals surface area contributed by atoms with Crippen molar-refractivity contribution < 1.29 is 23.5 Å². The number of amides is 2. The Morgan fingerprint density at radius 3 is 2.58 bits per heavy atom. The molecule has 0 saturated carbocycles. The molecule has 3 aromatic rings. The summed E-state index contributed by atoms with van der Waals surface area (Å²) in [6, 6.07) is 11.9. The smallest absolute Gasteiger partial charge is 0.313 e. The first-order chi connectivity index (χ1) is 12.5. The number of nitrogens with one attached hydrogen (secondary N) is 2. The van der Waals surface area contributed by atoms with E-state index in [1.807, 2.05) is 0 Å². The molecule has 0 aliphatic carbocycles. The zero-order valence-electron chi connectivity index (χ0n) is 13.4. The Labute approximate surface area is 152 Å². The van der Waals surface area contributed by atoms with Crippen molar-refractivity contribution in [2.75, 3.05) is 5.32 Å². The highest BCUT2D eigenvalue weighted by molar-refractivity contribution is 7.12. The van der Waals surface area contributed by atoms with Crippen molar-refractivity contribution in [2.24, 2.45) is 0 Å². The van der Waals surface area contributed by atoms with Gasteiger partial charge in [0.1, 0.15) is 17.7 Å². The van der Waals surface area contributed by atoms with Gasteiger partial charge in [-0.25, -0.2) is 4.39 Å². The van der Waals surface area contributed by atoms with Gasteiger partial charge in [0, 0.05) is 15.4 Å². The van der Waals surface area contributed by atoms with E-state index in [-0.39, 0.29) is 6.54 Å². The minimum atomic E-state index is -0.874. The summed E-state index contributed by atoms with van der Waals surface area (Å²) >= 11 is 1.30. The minimum absolute atomic E-state index is 0.144. The van der Waals surface area contributed by atoms with Gasteiger partial charge >= 0.3 is 11.8 Å².